The Kier molecular flexibility index (Phi) is 8.12. The summed E-state index contributed by atoms with van der Waals surface area (Å²) >= 11 is 0. The van der Waals surface area contributed by atoms with Crippen molar-refractivity contribution in [2.24, 2.45) is 10.9 Å². The molecule has 0 atom stereocenters. The lowest BCUT2D eigenvalue weighted by molar-refractivity contribution is -0.121. The van der Waals surface area contributed by atoms with Crippen molar-refractivity contribution < 1.29 is 9.53 Å². The van der Waals surface area contributed by atoms with E-state index in [2.05, 4.69) is 44.8 Å². The van der Waals surface area contributed by atoms with E-state index in [9.17, 15) is 4.79 Å². The second-order valence-electron chi connectivity index (χ2n) is 7.63. The van der Waals surface area contributed by atoms with Crippen molar-refractivity contribution in [3.05, 3.63) is 65.7 Å². The average molecular weight is 409 g/mol. The molecule has 1 aliphatic heterocycles. The third-order valence-electron chi connectivity index (χ3n) is 5.48. The number of guanidine groups is 1. The first kappa shape index (κ1) is 21.7. The number of likely N-dealkylation sites (tertiary alicyclic amines) is 1. The summed E-state index contributed by atoms with van der Waals surface area (Å²) in [5.74, 6) is 2.36. The summed E-state index contributed by atoms with van der Waals surface area (Å²) in [4.78, 5) is 18.3. The van der Waals surface area contributed by atoms with Gasteiger partial charge < -0.3 is 20.3 Å². The summed E-state index contributed by atoms with van der Waals surface area (Å²) in [6.07, 6.45) is 2.64. The summed E-state index contributed by atoms with van der Waals surface area (Å²) in [5, 5.41) is 6.18. The van der Waals surface area contributed by atoms with E-state index in [1.807, 2.05) is 37.4 Å². The second kappa shape index (κ2) is 11.2. The van der Waals surface area contributed by atoms with Crippen LogP contribution in [0.2, 0.25) is 0 Å². The Balaban J connectivity index is 1.47. The molecule has 3 rings (SSSR count). The van der Waals surface area contributed by atoms with E-state index in [1.165, 1.54) is 0 Å². The lowest BCUT2D eigenvalue weighted by atomic mass is 9.93. The van der Waals surface area contributed by atoms with Crippen LogP contribution >= 0.6 is 0 Å². The third-order valence-corrected chi connectivity index (χ3v) is 5.48. The molecule has 2 N–H and O–H groups in total. The van der Waals surface area contributed by atoms with Crippen LogP contribution in [-0.4, -0.2) is 44.0 Å². The highest BCUT2D eigenvalue weighted by atomic mass is 16.5. The molecular formula is C24H32N4O2. The Morgan fingerprint density at radius 2 is 1.83 bits per heavy atom. The zero-order valence-electron chi connectivity index (χ0n) is 17.9. The van der Waals surface area contributed by atoms with E-state index in [0.717, 1.165) is 48.8 Å². The van der Waals surface area contributed by atoms with Crippen molar-refractivity contribution in [1.82, 2.24) is 15.5 Å². The first-order valence-corrected chi connectivity index (χ1v) is 10.6. The summed E-state index contributed by atoms with van der Waals surface area (Å²) in [6, 6.07) is 18.3. The van der Waals surface area contributed by atoms with Crippen LogP contribution < -0.4 is 15.4 Å². The number of nitrogens with one attached hydrogen (secondary N) is 2. The molecule has 0 aromatic heterocycles. The summed E-state index contributed by atoms with van der Waals surface area (Å²) in [7, 11) is 3.52. The number of hydrogen-bond acceptors (Lipinski definition) is 3. The normalized spacial score (nSPS) is 15.0. The van der Waals surface area contributed by atoms with Crippen molar-refractivity contribution in [2.45, 2.75) is 32.4 Å². The van der Waals surface area contributed by atoms with Crippen LogP contribution in [-0.2, 0) is 17.9 Å². The van der Waals surface area contributed by atoms with Crippen molar-refractivity contribution in [2.75, 3.05) is 27.2 Å². The molecule has 6 nitrogen and oxygen atoms in total. The molecule has 1 fully saturated rings. The Bertz CT molecular complexity index is 830. The lowest BCUT2D eigenvalue weighted by Crippen LogP contribution is -2.45. The molecular weight excluding hydrogens is 376 g/mol. The summed E-state index contributed by atoms with van der Waals surface area (Å²) in [5.41, 5.74) is 2.30. The van der Waals surface area contributed by atoms with Gasteiger partial charge in [0.05, 0.1) is 0 Å². The average Bonchev–Trinajstić information content (AvgIpc) is 2.80. The van der Waals surface area contributed by atoms with Gasteiger partial charge >= 0.3 is 0 Å². The van der Waals surface area contributed by atoms with Crippen LogP contribution in [0, 0.1) is 5.92 Å². The fourth-order valence-electron chi connectivity index (χ4n) is 3.71. The number of hydrogen-bond donors (Lipinski definition) is 2. The standard InChI is InChI=1S/C24H32N4O2/c1-25-23(29)16-19-11-13-28(14-12-19)24(26-2)27-17-21-9-6-10-22(15-21)30-18-20-7-4-3-5-8-20/h3-10,15,19H,11-14,16-18H2,1-2H3,(H,25,29)(H,26,27). The van der Waals surface area contributed by atoms with E-state index in [1.54, 1.807) is 7.05 Å². The maximum Gasteiger partial charge on any atom is 0.220 e. The SMILES string of the molecule is CN=C(NCc1cccc(OCc2ccccc2)c1)N1CCC(CC(=O)NC)CC1. The van der Waals surface area contributed by atoms with Crippen molar-refractivity contribution in [3.8, 4) is 5.75 Å². The van der Waals surface area contributed by atoms with Gasteiger partial charge in [-0.3, -0.25) is 9.79 Å². The number of piperidine rings is 1. The second-order valence-corrected chi connectivity index (χ2v) is 7.63. The van der Waals surface area contributed by atoms with Crippen molar-refractivity contribution >= 4 is 11.9 Å². The van der Waals surface area contributed by atoms with Gasteiger partial charge in [0.15, 0.2) is 5.96 Å². The van der Waals surface area contributed by atoms with Gasteiger partial charge in [-0.25, -0.2) is 0 Å². The number of nitrogens with zero attached hydrogens (tertiary/aromatic N) is 2. The smallest absolute Gasteiger partial charge is 0.220 e. The Labute approximate surface area is 179 Å². The fourth-order valence-corrected chi connectivity index (χ4v) is 3.71. The topological polar surface area (TPSA) is 66.0 Å². The molecule has 0 radical (unpaired) electrons. The van der Waals surface area contributed by atoms with Gasteiger partial charge in [-0.15, -0.1) is 0 Å². The van der Waals surface area contributed by atoms with Gasteiger partial charge in [-0.05, 0) is 42.0 Å². The van der Waals surface area contributed by atoms with Gasteiger partial charge in [-0.1, -0.05) is 42.5 Å². The van der Waals surface area contributed by atoms with Crippen LogP contribution in [0.5, 0.6) is 5.75 Å². The van der Waals surface area contributed by atoms with Gasteiger partial charge in [0.1, 0.15) is 12.4 Å². The number of carbonyl (C=O) groups is 1. The number of carbonyl (C=O) groups excluding carboxylic acids is 1. The largest absolute Gasteiger partial charge is 0.489 e. The molecule has 1 saturated heterocycles. The highest BCUT2D eigenvalue weighted by Gasteiger charge is 2.23. The molecule has 0 unspecified atom stereocenters. The third kappa shape index (κ3) is 6.51. The molecule has 160 valence electrons. The molecule has 1 aliphatic rings. The lowest BCUT2D eigenvalue weighted by Gasteiger charge is -2.34. The molecule has 0 spiro atoms. The molecule has 1 amide bonds. The maximum absolute atomic E-state index is 11.6. The van der Waals surface area contributed by atoms with Gasteiger partial charge in [-0.2, -0.15) is 0 Å². The van der Waals surface area contributed by atoms with Crippen LogP contribution in [0.15, 0.2) is 59.6 Å². The van der Waals surface area contributed by atoms with E-state index in [0.29, 0.717) is 25.5 Å². The Morgan fingerprint density at radius 1 is 1.10 bits per heavy atom. The highest BCUT2D eigenvalue weighted by Crippen LogP contribution is 2.21. The number of aliphatic imine (C=N–C) groups is 1. The number of rotatable bonds is 7. The predicted molar refractivity (Wildman–Crippen MR) is 120 cm³/mol. The quantitative estimate of drug-likeness (QED) is 0.546. The molecule has 30 heavy (non-hydrogen) atoms. The van der Waals surface area contributed by atoms with Crippen molar-refractivity contribution in [3.63, 3.8) is 0 Å². The molecule has 0 aliphatic carbocycles. The van der Waals surface area contributed by atoms with Gasteiger partial charge in [0.25, 0.3) is 0 Å². The summed E-state index contributed by atoms with van der Waals surface area (Å²) < 4.78 is 5.93. The van der Waals surface area contributed by atoms with Gasteiger partial charge in [0.2, 0.25) is 5.91 Å². The van der Waals surface area contributed by atoms with E-state index < -0.39 is 0 Å². The van der Waals surface area contributed by atoms with E-state index >= 15 is 0 Å². The van der Waals surface area contributed by atoms with E-state index in [-0.39, 0.29) is 5.91 Å². The zero-order chi connectivity index (χ0) is 21.2. The summed E-state index contributed by atoms with van der Waals surface area (Å²) in [6.45, 7) is 3.08. The monoisotopic (exact) mass is 408 g/mol. The van der Waals surface area contributed by atoms with Crippen LogP contribution in [0.1, 0.15) is 30.4 Å². The zero-order valence-corrected chi connectivity index (χ0v) is 17.9. The predicted octanol–water partition coefficient (Wildman–Crippen LogP) is 3.19. The molecule has 2 aromatic rings. The number of benzene rings is 2. The van der Waals surface area contributed by atoms with Crippen molar-refractivity contribution in [1.29, 1.82) is 0 Å². The minimum Gasteiger partial charge on any atom is -0.489 e. The van der Waals surface area contributed by atoms with E-state index in [4.69, 9.17) is 4.74 Å². The number of ether oxygens (including phenoxy) is 1. The first-order chi connectivity index (χ1) is 14.7. The Hall–Kier alpha value is -3.02. The minimum absolute atomic E-state index is 0.130. The Morgan fingerprint density at radius 3 is 2.53 bits per heavy atom. The van der Waals surface area contributed by atoms with Crippen LogP contribution in [0.4, 0.5) is 0 Å². The molecule has 0 saturated carbocycles. The van der Waals surface area contributed by atoms with Gasteiger partial charge in [0, 0.05) is 40.2 Å². The fraction of sp³-hybridized carbons (Fsp3) is 0.417. The molecule has 6 heteroatoms. The first-order valence-electron chi connectivity index (χ1n) is 10.6. The minimum atomic E-state index is 0.130. The number of amides is 1. The maximum atomic E-state index is 11.6. The highest BCUT2D eigenvalue weighted by molar-refractivity contribution is 5.80. The molecule has 1 heterocycles. The molecule has 2 aromatic carbocycles. The molecule has 0 bridgehead atoms. The van der Waals surface area contributed by atoms with Crippen LogP contribution in [0.3, 0.4) is 0 Å². The van der Waals surface area contributed by atoms with Crippen LogP contribution in [0.25, 0.3) is 0 Å².